The van der Waals surface area contributed by atoms with E-state index in [1.165, 1.54) is 53.0 Å². The number of furan rings is 1. The van der Waals surface area contributed by atoms with Gasteiger partial charge in [-0.15, -0.1) is 11.3 Å². The monoisotopic (exact) mass is 747 g/mol. The van der Waals surface area contributed by atoms with E-state index in [4.69, 9.17) is 19.4 Å². The molecule has 8 aromatic carbocycles. The van der Waals surface area contributed by atoms with Crippen molar-refractivity contribution in [2.75, 3.05) is 0 Å². The standard InChI is InChI=1S/C52H33N3OS/c1-30-18-23-38-33(28-30)22-27-45-47(38)48-39(15-9-17-44(48)57-45)40-25-26-42(46-41-14-7-8-16-43(41)56-49(40)46)52-54-50(32-11-3-2-4-12-32)53-51(55-52)35-21-24-37-34(29-35)20-19-31-10-5-6-13-36(31)37/h2-27,29-30H,28H2,1H3. The summed E-state index contributed by atoms with van der Waals surface area (Å²) in [6.45, 7) is 2.29. The van der Waals surface area contributed by atoms with Gasteiger partial charge in [-0.1, -0.05) is 134 Å². The summed E-state index contributed by atoms with van der Waals surface area (Å²) < 4.78 is 9.47. The fourth-order valence-corrected chi connectivity index (χ4v) is 10.1. The van der Waals surface area contributed by atoms with Crippen LogP contribution in [0.2, 0.25) is 0 Å². The maximum Gasteiger partial charge on any atom is 0.164 e. The maximum atomic E-state index is 6.90. The molecule has 5 heteroatoms. The van der Waals surface area contributed by atoms with Gasteiger partial charge in [-0.25, -0.2) is 15.0 Å². The molecule has 0 bridgehead atoms. The van der Waals surface area contributed by atoms with Crippen LogP contribution in [0.5, 0.6) is 0 Å². The molecule has 12 rings (SSSR count). The molecule has 0 fully saturated rings. The molecule has 0 spiro atoms. The molecule has 3 heterocycles. The second kappa shape index (κ2) is 12.5. The first-order chi connectivity index (χ1) is 28.1. The van der Waals surface area contributed by atoms with Crippen molar-refractivity contribution in [3.63, 3.8) is 0 Å². The number of thiophene rings is 1. The lowest BCUT2D eigenvalue weighted by Crippen LogP contribution is -2.03. The van der Waals surface area contributed by atoms with E-state index in [1.807, 2.05) is 35.6 Å². The van der Waals surface area contributed by atoms with Gasteiger partial charge in [0.1, 0.15) is 11.2 Å². The molecule has 0 saturated carbocycles. The highest BCUT2D eigenvalue weighted by Gasteiger charge is 2.24. The lowest BCUT2D eigenvalue weighted by Gasteiger charge is -2.17. The third-order valence-electron chi connectivity index (χ3n) is 11.7. The van der Waals surface area contributed by atoms with Gasteiger partial charge in [0.05, 0.1) is 0 Å². The predicted molar refractivity (Wildman–Crippen MR) is 239 cm³/mol. The Morgan fingerprint density at radius 1 is 0.526 bits per heavy atom. The Hall–Kier alpha value is -6.95. The third-order valence-corrected chi connectivity index (χ3v) is 12.8. The highest BCUT2D eigenvalue weighted by Crippen LogP contribution is 2.48. The molecule has 57 heavy (non-hydrogen) atoms. The zero-order valence-electron chi connectivity index (χ0n) is 31.0. The molecular formula is C52H33N3OS. The van der Waals surface area contributed by atoms with Crippen LogP contribution in [-0.4, -0.2) is 15.0 Å². The molecule has 1 unspecified atom stereocenters. The normalized spacial score (nSPS) is 14.1. The van der Waals surface area contributed by atoms with Crippen molar-refractivity contribution in [3.8, 4) is 45.3 Å². The first-order valence-electron chi connectivity index (χ1n) is 19.5. The topological polar surface area (TPSA) is 51.8 Å². The molecule has 1 atom stereocenters. The van der Waals surface area contributed by atoms with Gasteiger partial charge in [0, 0.05) is 53.2 Å². The lowest BCUT2D eigenvalue weighted by molar-refractivity contribution is 0.670. The van der Waals surface area contributed by atoms with Gasteiger partial charge in [-0.2, -0.15) is 0 Å². The van der Waals surface area contributed by atoms with Crippen LogP contribution in [0, 0.1) is 5.92 Å². The fraction of sp³-hybridized carbons (Fsp3) is 0.0577. The van der Waals surface area contributed by atoms with E-state index in [0.717, 1.165) is 56.0 Å². The van der Waals surface area contributed by atoms with E-state index in [2.05, 4.69) is 146 Å². The number of fused-ring (bicyclic) bond motifs is 11. The molecule has 0 amide bonds. The van der Waals surface area contributed by atoms with Gasteiger partial charge < -0.3 is 4.42 Å². The van der Waals surface area contributed by atoms with E-state index in [0.29, 0.717) is 23.4 Å². The molecular weight excluding hydrogens is 715 g/mol. The van der Waals surface area contributed by atoms with Gasteiger partial charge in [-0.3, -0.25) is 0 Å². The Kier molecular flexibility index (Phi) is 7.10. The Labute approximate surface area is 332 Å². The first-order valence-corrected chi connectivity index (χ1v) is 20.3. The van der Waals surface area contributed by atoms with Crippen LogP contribution in [0.4, 0.5) is 0 Å². The smallest absolute Gasteiger partial charge is 0.164 e. The molecule has 3 aromatic heterocycles. The SMILES string of the molecule is CC1C=Cc2c(ccc3sc4cccc(-c5ccc(-c6nc(-c7ccccc7)nc(-c7ccc8c(ccc9ccccc98)c7)n6)c6c5oc5ccccc56)c4c23)C1. The van der Waals surface area contributed by atoms with E-state index in [-0.39, 0.29) is 0 Å². The highest BCUT2D eigenvalue weighted by atomic mass is 32.1. The van der Waals surface area contributed by atoms with Crippen molar-refractivity contribution in [1.82, 2.24) is 15.0 Å². The molecule has 1 aliphatic rings. The largest absolute Gasteiger partial charge is 0.455 e. The van der Waals surface area contributed by atoms with E-state index in [1.54, 1.807) is 0 Å². The van der Waals surface area contributed by atoms with Crippen LogP contribution in [0.25, 0.3) is 115 Å². The number of nitrogens with zero attached hydrogens (tertiary/aromatic N) is 3. The van der Waals surface area contributed by atoms with Gasteiger partial charge in [0.2, 0.25) is 0 Å². The van der Waals surface area contributed by atoms with Crippen molar-refractivity contribution in [1.29, 1.82) is 0 Å². The van der Waals surface area contributed by atoms with Gasteiger partial charge in [-0.05, 0) is 87.0 Å². The second-order valence-electron chi connectivity index (χ2n) is 15.2. The number of hydrogen-bond acceptors (Lipinski definition) is 5. The van der Waals surface area contributed by atoms with Crippen LogP contribution in [0.15, 0.2) is 162 Å². The summed E-state index contributed by atoms with van der Waals surface area (Å²) >= 11 is 1.86. The van der Waals surface area contributed by atoms with Crippen molar-refractivity contribution >= 4 is 81.1 Å². The fourth-order valence-electron chi connectivity index (χ4n) is 8.97. The second-order valence-corrected chi connectivity index (χ2v) is 16.3. The quantitative estimate of drug-likeness (QED) is 0.168. The molecule has 0 radical (unpaired) electrons. The van der Waals surface area contributed by atoms with Crippen LogP contribution >= 0.6 is 11.3 Å². The molecule has 268 valence electrons. The van der Waals surface area contributed by atoms with Crippen molar-refractivity contribution < 1.29 is 4.42 Å². The number of para-hydroxylation sites is 1. The number of benzene rings is 8. The Morgan fingerprint density at radius 3 is 2.18 bits per heavy atom. The summed E-state index contributed by atoms with van der Waals surface area (Å²) in [5.74, 6) is 2.39. The minimum atomic E-state index is 0.530. The Balaban J connectivity index is 1.11. The summed E-state index contributed by atoms with van der Waals surface area (Å²) in [6, 6.07) is 53.6. The number of hydrogen-bond donors (Lipinski definition) is 0. The van der Waals surface area contributed by atoms with Crippen LogP contribution in [0.1, 0.15) is 18.1 Å². The zero-order valence-corrected chi connectivity index (χ0v) is 31.8. The minimum absolute atomic E-state index is 0.530. The third kappa shape index (κ3) is 5.09. The molecule has 0 N–H and O–H groups in total. The minimum Gasteiger partial charge on any atom is -0.455 e. The summed E-state index contributed by atoms with van der Waals surface area (Å²) in [4.78, 5) is 15.6. The summed E-state index contributed by atoms with van der Waals surface area (Å²) in [5, 5.41) is 9.44. The summed E-state index contributed by atoms with van der Waals surface area (Å²) in [5.41, 5.74) is 9.41. The molecule has 11 aromatic rings. The average molecular weight is 748 g/mol. The lowest BCUT2D eigenvalue weighted by atomic mass is 9.87. The molecule has 0 saturated heterocycles. The van der Waals surface area contributed by atoms with E-state index < -0.39 is 0 Å². The zero-order chi connectivity index (χ0) is 37.6. The van der Waals surface area contributed by atoms with Gasteiger partial charge in [0.25, 0.3) is 0 Å². The van der Waals surface area contributed by atoms with Crippen molar-refractivity contribution in [3.05, 3.63) is 169 Å². The first kappa shape index (κ1) is 32.3. The summed E-state index contributed by atoms with van der Waals surface area (Å²) in [7, 11) is 0. The van der Waals surface area contributed by atoms with Crippen LogP contribution < -0.4 is 0 Å². The van der Waals surface area contributed by atoms with Crippen LogP contribution in [-0.2, 0) is 6.42 Å². The van der Waals surface area contributed by atoms with Gasteiger partial charge in [0.15, 0.2) is 17.5 Å². The molecule has 0 aliphatic heterocycles. The predicted octanol–water partition coefficient (Wildman–Crippen LogP) is 14.3. The number of aromatic nitrogens is 3. The van der Waals surface area contributed by atoms with E-state index in [9.17, 15) is 0 Å². The van der Waals surface area contributed by atoms with E-state index >= 15 is 0 Å². The molecule has 1 aliphatic carbocycles. The van der Waals surface area contributed by atoms with Crippen molar-refractivity contribution in [2.24, 2.45) is 5.92 Å². The van der Waals surface area contributed by atoms with Gasteiger partial charge >= 0.3 is 0 Å². The van der Waals surface area contributed by atoms with Crippen LogP contribution in [0.3, 0.4) is 0 Å². The number of rotatable bonds is 4. The number of allylic oxidation sites excluding steroid dienone is 1. The molecule has 4 nitrogen and oxygen atoms in total. The highest BCUT2D eigenvalue weighted by molar-refractivity contribution is 7.26. The van der Waals surface area contributed by atoms with Crippen molar-refractivity contribution in [2.45, 2.75) is 13.3 Å². The Bertz CT molecular complexity index is 3470. The summed E-state index contributed by atoms with van der Waals surface area (Å²) in [6.07, 6.45) is 5.75. The average Bonchev–Trinajstić information content (AvgIpc) is 3.85. The Morgan fingerprint density at radius 2 is 1.26 bits per heavy atom. The maximum absolute atomic E-state index is 6.90.